The van der Waals surface area contributed by atoms with E-state index in [1.54, 1.807) is 0 Å². The van der Waals surface area contributed by atoms with Gasteiger partial charge in [0.05, 0.1) is 11.0 Å². The second-order valence-electron chi connectivity index (χ2n) is 7.13. The Bertz CT molecular complexity index is 1080. The zero-order valence-electron chi connectivity index (χ0n) is 15.3. The van der Waals surface area contributed by atoms with Gasteiger partial charge >= 0.3 is 0 Å². The maximum atomic E-state index is 13.2. The zero-order chi connectivity index (χ0) is 18.9. The lowest BCUT2D eigenvalue weighted by Gasteiger charge is -2.31. The van der Waals surface area contributed by atoms with Crippen molar-refractivity contribution in [2.24, 2.45) is 0 Å². The lowest BCUT2D eigenvalue weighted by atomic mass is 9.97. The van der Waals surface area contributed by atoms with E-state index in [0.717, 1.165) is 41.8 Å². The Kier molecular flexibility index (Phi) is 4.16. The largest absolute Gasteiger partial charge is 0.443 e. The lowest BCUT2D eigenvalue weighted by Crippen LogP contribution is -2.39. The summed E-state index contributed by atoms with van der Waals surface area (Å²) in [5.41, 5.74) is 3.22. The second kappa shape index (κ2) is 6.96. The molecule has 28 heavy (non-hydrogen) atoms. The summed E-state index contributed by atoms with van der Waals surface area (Å²) < 4.78 is 5.54. The number of para-hydroxylation sites is 2. The molecule has 2 aromatic heterocycles. The second-order valence-corrected chi connectivity index (χ2v) is 7.13. The Morgan fingerprint density at radius 1 is 1.11 bits per heavy atom. The number of nitrogens with zero attached hydrogens (tertiary/aromatic N) is 3. The summed E-state index contributed by atoms with van der Waals surface area (Å²) in [6.45, 7) is 1.34. The molecule has 1 atom stereocenters. The molecule has 0 radical (unpaired) electrons. The van der Waals surface area contributed by atoms with Crippen molar-refractivity contribution in [3.05, 3.63) is 72.5 Å². The van der Waals surface area contributed by atoms with Crippen molar-refractivity contribution in [3.63, 3.8) is 0 Å². The van der Waals surface area contributed by atoms with Crippen molar-refractivity contribution in [3.8, 4) is 11.3 Å². The Hall–Kier alpha value is -3.41. The van der Waals surface area contributed by atoms with Crippen LogP contribution in [-0.2, 0) is 0 Å². The molecule has 3 heterocycles. The van der Waals surface area contributed by atoms with Crippen LogP contribution in [0.1, 0.15) is 35.1 Å². The maximum Gasteiger partial charge on any atom is 0.276 e. The van der Waals surface area contributed by atoms with Gasteiger partial charge in [-0.15, -0.1) is 0 Å². The molecule has 2 aromatic carbocycles. The average Bonchev–Trinajstić information content (AvgIpc) is 3.41. The van der Waals surface area contributed by atoms with Gasteiger partial charge in [0.1, 0.15) is 5.82 Å². The fraction of sp³-hybridized carbons (Fsp3) is 0.227. The van der Waals surface area contributed by atoms with Gasteiger partial charge in [-0.25, -0.2) is 9.97 Å². The van der Waals surface area contributed by atoms with Crippen molar-refractivity contribution in [1.29, 1.82) is 0 Å². The number of nitrogens with one attached hydrogen (secondary N) is 1. The lowest BCUT2D eigenvalue weighted by molar-refractivity contribution is 0.0700. The van der Waals surface area contributed by atoms with Gasteiger partial charge in [0, 0.05) is 24.6 Å². The van der Waals surface area contributed by atoms with E-state index in [-0.39, 0.29) is 11.8 Å². The smallest absolute Gasteiger partial charge is 0.276 e. The van der Waals surface area contributed by atoms with Gasteiger partial charge in [0.15, 0.2) is 17.8 Å². The number of H-pyrrole nitrogens is 1. The fourth-order valence-electron chi connectivity index (χ4n) is 3.89. The first-order chi connectivity index (χ1) is 13.8. The minimum absolute atomic E-state index is 0.0894. The van der Waals surface area contributed by atoms with Crippen LogP contribution in [0.4, 0.5) is 0 Å². The minimum Gasteiger partial charge on any atom is -0.443 e. The molecule has 4 aromatic rings. The van der Waals surface area contributed by atoms with E-state index in [1.807, 2.05) is 59.5 Å². The highest BCUT2D eigenvalue weighted by molar-refractivity contribution is 5.97. The first-order valence-electron chi connectivity index (χ1n) is 9.52. The summed E-state index contributed by atoms with van der Waals surface area (Å²) in [7, 11) is 0. The third-order valence-corrected chi connectivity index (χ3v) is 5.31. The van der Waals surface area contributed by atoms with Crippen LogP contribution in [-0.4, -0.2) is 38.8 Å². The van der Waals surface area contributed by atoms with Crippen molar-refractivity contribution in [1.82, 2.24) is 19.9 Å². The number of imidazole rings is 1. The van der Waals surface area contributed by atoms with Crippen LogP contribution < -0.4 is 0 Å². The number of fused-ring (bicyclic) bond motifs is 1. The first-order valence-corrected chi connectivity index (χ1v) is 9.52. The van der Waals surface area contributed by atoms with E-state index in [0.29, 0.717) is 18.0 Å². The number of oxazole rings is 1. The third-order valence-electron chi connectivity index (χ3n) is 5.31. The third kappa shape index (κ3) is 2.97. The summed E-state index contributed by atoms with van der Waals surface area (Å²) in [6.07, 6.45) is 3.29. The van der Waals surface area contributed by atoms with Gasteiger partial charge in [-0.1, -0.05) is 42.5 Å². The van der Waals surface area contributed by atoms with E-state index in [9.17, 15) is 4.79 Å². The molecule has 6 heteroatoms. The van der Waals surface area contributed by atoms with Gasteiger partial charge in [0.25, 0.3) is 5.91 Å². The highest BCUT2D eigenvalue weighted by Gasteiger charge is 2.30. The van der Waals surface area contributed by atoms with Crippen molar-refractivity contribution in [2.75, 3.05) is 13.1 Å². The zero-order valence-corrected chi connectivity index (χ0v) is 15.3. The Labute approximate surface area is 162 Å². The summed E-state index contributed by atoms with van der Waals surface area (Å²) in [5, 5.41) is 0. The van der Waals surface area contributed by atoms with E-state index in [2.05, 4.69) is 9.97 Å². The highest BCUT2D eigenvalue weighted by Crippen LogP contribution is 2.29. The SMILES string of the molecule is O=C(c1ncoc1-c1ccccc1)N1CCCC(c2nc3ccccc3[nH]2)C1. The molecule has 0 bridgehead atoms. The molecule has 1 aliphatic heterocycles. The molecule has 1 unspecified atom stereocenters. The molecule has 0 spiro atoms. The van der Waals surface area contributed by atoms with Crippen LogP contribution >= 0.6 is 0 Å². The fourth-order valence-corrected chi connectivity index (χ4v) is 3.89. The van der Waals surface area contributed by atoms with E-state index in [1.165, 1.54) is 6.39 Å². The molecular formula is C22H20N4O2. The molecule has 1 fully saturated rings. The number of amides is 1. The molecule has 1 saturated heterocycles. The van der Waals surface area contributed by atoms with E-state index >= 15 is 0 Å². The number of carbonyl (C=O) groups is 1. The van der Waals surface area contributed by atoms with E-state index < -0.39 is 0 Å². The average molecular weight is 372 g/mol. The van der Waals surface area contributed by atoms with Crippen LogP contribution in [0.15, 0.2) is 65.4 Å². The standard InChI is InChI=1S/C22H20N4O2/c27-22(19-20(28-14-23-19)15-7-2-1-3-8-15)26-12-6-9-16(13-26)21-24-17-10-4-5-11-18(17)25-21/h1-5,7-8,10-11,14,16H,6,9,12-13H2,(H,24,25). The van der Waals surface area contributed by atoms with Crippen molar-refractivity contribution in [2.45, 2.75) is 18.8 Å². The number of likely N-dealkylation sites (tertiary alicyclic amines) is 1. The number of aromatic amines is 1. The number of carbonyl (C=O) groups excluding carboxylic acids is 1. The predicted molar refractivity (Wildman–Crippen MR) is 106 cm³/mol. The summed E-state index contributed by atoms with van der Waals surface area (Å²) in [5.74, 6) is 1.57. The molecule has 5 rings (SSSR count). The summed E-state index contributed by atoms with van der Waals surface area (Å²) in [4.78, 5) is 27.4. The maximum absolute atomic E-state index is 13.2. The Morgan fingerprint density at radius 2 is 1.93 bits per heavy atom. The first kappa shape index (κ1) is 16.7. The van der Waals surface area contributed by atoms with Gasteiger partial charge < -0.3 is 14.3 Å². The van der Waals surface area contributed by atoms with Crippen LogP contribution in [0.3, 0.4) is 0 Å². The van der Waals surface area contributed by atoms with Gasteiger partial charge in [-0.3, -0.25) is 4.79 Å². The van der Waals surface area contributed by atoms with Crippen LogP contribution in [0.5, 0.6) is 0 Å². The Balaban J connectivity index is 1.40. The van der Waals surface area contributed by atoms with Crippen LogP contribution in [0, 0.1) is 0 Å². The number of rotatable bonds is 3. The van der Waals surface area contributed by atoms with Crippen LogP contribution in [0.2, 0.25) is 0 Å². The van der Waals surface area contributed by atoms with E-state index in [4.69, 9.17) is 9.40 Å². The van der Waals surface area contributed by atoms with Crippen LogP contribution in [0.25, 0.3) is 22.4 Å². The van der Waals surface area contributed by atoms with Gasteiger partial charge in [-0.05, 0) is 25.0 Å². The number of aromatic nitrogens is 3. The summed E-state index contributed by atoms with van der Waals surface area (Å²) >= 11 is 0. The monoisotopic (exact) mass is 372 g/mol. The molecule has 0 aliphatic carbocycles. The molecule has 140 valence electrons. The predicted octanol–water partition coefficient (Wildman–Crippen LogP) is 4.24. The quantitative estimate of drug-likeness (QED) is 0.584. The molecule has 1 amide bonds. The van der Waals surface area contributed by atoms with Gasteiger partial charge in [-0.2, -0.15) is 0 Å². The van der Waals surface area contributed by atoms with Gasteiger partial charge in [0.2, 0.25) is 0 Å². The normalized spacial score (nSPS) is 17.1. The molecule has 6 nitrogen and oxygen atoms in total. The minimum atomic E-state index is -0.0894. The molecule has 1 aliphatic rings. The molecule has 0 saturated carbocycles. The van der Waals surface area contributed by atoms with Crippen molar-refractivity contribution < 1.29 is 9.21 Å². The number of piperidine rings is 1. The molecule has 1 N–H and O–H groups in total. The number of hydrogen-bond acceptors (Lipinski definition) is 4. The number of hydrogen-bond donors (Lipinski definition) is 1. The topological polar surface area (TPSA) is 75.0 Å². The van der Waals surface area contributed by atoms with Crippen molar-refractivity contribution >= 4 is 16.9 Å². The number of benzene rings is 2. The summed E-state index contributed by atoms with van der Waals surface area (Å²) in [6, 6.07) is 17.6. The molecular weight excluding hydrogens is 352 g/mol. The Morgan fingerprint density at radius 3 is 2.79 bits per heavy atom. The highest BCUT2D eigenvalue weighted by atomic mass is 16.3.